The molecule has 0 aromatic rings. The summed E-state index contributed by atoms with van der Waals surface area (Å²) in [7, 11) is 0. The molecule has 1 aliphatic heterocycles. The fourth-order valence-corrected chi connectivity index (χ4v) is 1.12. The highest BCUT2D eigenvalue weighted by Crippen LogP contribution is 2.10. The molecule has 1 heterocycles. The second kappa shape index (κ2) is 3.17. The minimum atomic E-state index is -1.07. The van der Waals surface area contributed by atoms with Gasteiger partial charge in [-0.15, -0.1) is 0 Å². The molecule has 11 heavy (non-hydrogen) atoms. The van der Waals surface area contributed by atoms with Crippen LogP contribution in [-0.2, 0) is 4.79 Å². The lowest BCUT2D eigenvalue weighted by atomic mass is 10.1. The second-order valence-corrected chi connectivity index (χ2v) is 2.61. The molecule has 1 saturated heterocycles. The maximum absolute atomic E-state index is 10.6. The molecule has 4 N–H and O–H groups in total. The predicted octanol–water partition coefficient (Wildman–Crippen LogP) is -2.41. The molecule has 5 heteroatoms. The van der Waals surface area contributed by atoms with E-state index >= 15 is 0 Å². The van der Waals surface area contributed by atoms with Gasteiger partial charge in [0.05, 0.1) is 31.3 Å². The second-order valence-electron chi connectivity index (χ2n) is 2.61. The summed E-state index contributed by atoms with van der Waals surface area (Å²) in [6.45, 7) is -0.456. The van der Waals surface area contributed by atoms with Crippen LogP contribution in [0.5, 0.6) is 0 Å². The maximum atomic E-state index is 10.6. The van der Waals surface area contributed by atoms with E-state index in [1.54, 1.807) is 0 Å². The minimum Gasteiger partial charge on any atom is -0.394 e. The molecule has 64 valence electrons. The molecule has 1 amide bonds. The fourth-order valence-electron chi connectivity index (χ4n) is 1.12. The van der Waals surface area contributed by atoms with Crippen LogP contribution in [0, 0.1) is 0 Å². The van der Waals surface area contributed by atoms with E-state index < -0.39 is 24.9 Å². The molecule has 0 aliphatic carbocycles. The molecule has 0 aromatic heterocycles. The number of aliphatic hydroxyl groups is 3. The van der Waals surface area contributed by atoms with Gasteiger partial charge in [-0.25, -0.2) is 0 Å². The number of rotatable bonds is 2. The molecule has 1 fully saturated rings. The largest absolute Gasteiger partial charge is 0.394 e. The van der Waals surface area contributed by atoms with Gasteiger partial charge < -0.3 is 20.6 Å². The average Bonchev–Trinajstić information content (AvgIpc) is 2.28. The third-order valence-electron chi connectivity index (χ3n) is 1.74. The zero-order chi connectivity index (χ0) is 8.43. The molecular weight excluding hydrogens is 150 g/mol. The van der Waals surface area contributed by atoms with Crippen molar-refractivity contribution in [2.75, 3.05) is 6.61 Å². The molecule has 0 aromatic carbocycles. The van der Waals surface area contributed by atoms with Crippen LogP contribution in [0.25, 0.3) is 0 Å². The smallest absolute Gasteiger partial charge is 0.223 e. The Bertz CT molecular complexity index is 161. The zero-order valence-electron chi connectivity index (χ0n) is 5.90. The van der Waals surface area contributed by atoms with E-state index in [4.69, 9.17) is 15.3 Å². The van der Waals surface area contributed by atoms with Crippen molar-refractivity contribution in [3.05, 3.63) is 0 Å². The highest BCUT2D eigenvalue weighted by molar-refractivity contribution is 5.79. The van der Waals surface area contributed by atoms with E-state index in [0.29, 0.717) is 0 Å². The van der Waals surface area contributed by atoms with E-state index in [1.807, 2.05) is 0 Å². The number of amides is 1. The molecule has 1 aliphatic rings. The lowest BCUT2D eigenvalue weighted by Crippen LogP contribution is -2.44. The summed E-state index contributed by atoms with van der Waals surface area (Å²) >= 11 is 0. The molecule has 3 atom stereocenters. The number of hydrogen-bond acceptors (Lipinski definition) is 4. The normalized spacial score (nSPS) is 33.5. The summed E-state index contributed by atoms with van der Waals surface area (Å²) in [4.78, 5) is 10.6. The molecule has 0 bridgehead atoms. The Balaban J connectivity index is 2.52. The Kier molecular flexibility index (Phi) is 2.43. The van der Waals surface area contributed by atoms with Gasteiger partial charge in [0.25, 0.3) is 0 Å². The molecular formula is C6H11NO4. The number of carbonyl (C=O) groups is 1. The van der Waals surface area contributed by atoms with Crippen LogP contribution in [0.3, 0.4) is 0 Å². The van der Waals surface area contributed by atoms with Crippen molar-refractivity contribution in [2.45, 2.75) is 24.7 Å². The first kappa shape index (κ1) is 8.45. The van der Waals surface area contributed by atoms with Gasteiger partial charge in [0.15, 0.2) is 0 Å². The van der Waals surface area contributed by atoms with Crippen molar-refractivity contribution in [3.8, 4) is 0 Å². The van der Waals surface area contributed by atoms with Gasteiger partial charge in [-0.1, -0.05) is 0 Å². The molecule has 0 spiro atoms. The number of aliphatic hydroxyl groups excluding tert-OH is 3. The quantitative estimate of drug-likeness (QED) is 0.363. The Morgan fingerprint density at radius 1 is 1.73 bits per heavy atom. The Morgan fingerprint density at radius 2 is 2.36 bits per heavy atom. The topological polar surface area (TPSA) is 89.8 Å². The van der Waals surface area contributed by atoms with Gasteiger partial charge in [-0.05, 0) is 0 Å². The van der Waals surface area contributed by atoms with Gasteiger partial charge in [-0.2, -0.15) is 0 Å². The van der Waals surface area contributed by atoms with Gasteiger partial charge in [0, 0.05) is 0 Å². The lowest BCUT2D eigenvalue weighted by Gasteiger charge is -2.18. The van der Waals surface area contributed by atoms with Crippen LogP contribution in [0.2, 0.25) is 0 Å². The highest BCUT2D eigenvalue weighted by atomic mass is 16.3. The summed E-state index contributed by atoms with van der Waals surface area (Å²) in [5, 5.41) is 29.0. The first-order valence-electron chi connectivity index (χ1n) is 3.41. The number of hydrogen-bond donors (Lipinski definition) is 4. The zero-order valence-corrected chi connectivity index (χ0v) is 5.90. The minimum absolute atomic E-state index is 0.00171. The summed E-state index contributed by atoms with van der Waals surface area (Å²) in [5.41, 5.74) is 0. The van der Waals surface area contributed by atoms with E-state index in [-0.39, 0.29) is 12.3 Å². The SMILES string of the molecule is O=C1C[C@@H](O)[C@@H]([C@H](O)CO)N1. The lowest BCUT2D eigenvalue weighted by molar-refractivity contribution is -0.119. The van der Waals surface area contributed by atoms with Crippen LogP contribution in [0.1, 0.15) is 6.42 Å². The van der Waals surface area contributed by atoms with E-state index in [2.05, 4.69) is 5.32 Å². The average molecular weight is 161 g/mol. The summed E-state index contributed by atoms with van der Waals surface area (Å²) in [6, 6.07) is -0.715. The highest BCUT2D eigenvalue weighted by Gasteiger charge is 2.35. The van der Waals surface area contributed by atoms with Crippen LogP contribution >= 0.6 is 0 Å². The summed E-state index contributed by atoms with van der Waals surface area (Å²) in [5.74, 6) is -0.296. The first-order chi connectivity index (χ1) is 5.15. The van der Waals surface area contributed by atoms with Crippen LogP contribution in [-0.4, -0.2) is 46.1 Å². The van der Waals surface area contributed by atoms with Crippen molar-refractivity contribution >= 4 is 5.91 Å². The van der Waals surface area contributed by atoms with Crippen molar-refractivity contribution in [1.82, 2.24) is 5.32 Å². The van der Waals surface area contributed by atoms with Crippen molar-refractivity contribution in [2.24, 2.45) is 0 Å². The van der Waals surface area contributed by atoms with Crippen LogP contribution < -0.4 is 5.32 Å². The summed E-state index contributed by atoms with van der Waals surface area (Å²) in [6.07, 6.45) is -1.96. The third-order valence-corrected chi connectivity index (χ3v) is 1.74. The van der Waals surface area contributed by atoms with Crippen molar-refractivity contribution in [1.29, 1.82) is 0 Å². The molecule has 5 nitrogen and oxygen atoms in total. The van der Waals surface area contributed by atoms with Gasteiger partial charge in [-0.3, -0.25) is 4.79 Å². The third kappa shape index (κ3) is 1.68. The Hall–Kier alpha value is -0.650. The Morgan fingerprint density at radius 3 is 2.73 bits per heavy atom. The molecule has 0 unspecified atom stereocenters. The number of carbonyl (C=O) groups excluding carboxylic acids is 1. The van der Waals surface area contributed by atoms with Crippen LogP contribution in [0.15, 0.2) is 0 Å². The van der Waals surface area contributed by atoms with Gasteiger partial charge in [0.1, 0.15) is 0 Å². The molecule has 0 saturated carbocycles. The van der Waals surface area contributed by atoms with Gasteiger partial charge in [0.2, 0.25) is 5.91 Å². The maximum Gasteiger partial charge on any atom is 0.223 e. The monoisotopic (exact) mass is 161 g/mol. The standard InChI is InChI=1S/C6H11NO4/c8-2-4(10)6-3(9)1-5(11)7-6/h3-4,6,8-10H,1-2H2,(H,7,11)/t3-,4-,6+/m1/s1. The predicted molar refractivity (Wildman–Crippen MR) is 35.6 cm³/mol. The van der Waals surface area contributed by atoms with E-state index in [0.717, 1.165) is 0 Å². The van der Waals surface area contributed by atoms with Crippen LogP contribution in [0.4, 0.5) is 0 Å². The first-order valence-corrected chi connectivity index (χ1v) is 3.41. The Labute approximate surface area is 63.7 Å². The van der Waals surface area contributed by atoms with Crippen molar-refractivity contribution < 1.29 is 20.1 Å². The summed E-state index contributed by atoms with van der Waals surface area (Å²) < 4.78 is 0. The number of nitrogens with one attached hydrogen (secondary N) is 1. The van der Waals surface area contributed by atoms with Gasteiger partial charge >= 0.3 is 0 Å². The van der Waals surface area contributed by atoms with E-state index in [1.165, 1.54) is 0 Å². The van der Waals surface area contributed by atoms with E-state index in [9.17, 15) is 4.79 Å². The molecule has 1 rings (SSSR count). The van der Waals surface area contributed by atoms with Crippen molar-refractivity contribution in [3.63, 3.8) is 0 Å². The molecule has 0 radical (unpaired) electrons. The fraction of sp³-hybridized carbons (Fsp3) is 0.833.